The maximum atomic E-state index is 6.20. The molecule has 2 aromatic carbocycles. The Labute approximate surface area is 178 Å². The minimum atomic E-state index is 0.489. The van der Waals surface area contributed by atoms with Gasteiger partial charge in [0, 0.05) is 15.4 Å². The molecule has 0 heterocycles. The molecule has 0 saturated heterocycles. The third kappa shape index (κ3) is 5.25. The van der Waals surface area contributed by atoms with Gasteiger partial charge < -0.3 is 9.47 Å². The Morgan fingerprint density at radius 2 is 1.09 bits per heavy atom. The summed E-state index contributed by atoms with van der Waals surface area (Å²) >= 11 is 26.0. The van der Waals surface area contributed by atoms with Crippen molar-refractivity contribution >= 4 is 86.9 Å². The topological polar surface area (TPSA) is 18.5 Å². The molecule has 2 rings (SSSR count). The van der Waals surface area contributed by atoms with Gasteiger partial charge in [-0.3, -0.25) is 0 Å². The van der Waals surface area contributed by atoms with E-state index < -0.39 is 0 Å². The number of ether oxygens (including phenoxy) is 2. The number of hydrogen-bond acceptors (Lipinski definition) is 2. The Hall–Kier alpha value is 0.540. The molecule has 0 aliphatic carbocycles. The van der Waals surface area contributed by atoms with Crippen LogP contribution in [0.4, 0.5) is 0 Å². The third-order valence-electron chi connectivity index (χ3n) is 2.80. The normalized spacial score (nSPS) is 10.7. The molecular formula is C15H10Br4Cl2O2. The molecule has 2 nitrogen and oxygen atoms in total. The molecular weight excluding hydrogens is 603 g/mol. The number of hydrogen-bond donors (Lipinski definition) is 0. The van der Waals surface area contributed by atoms with E-state index in [9.17, 15) is 0 Å². The Morgan fingerprint density at radius 1 is 0.696 bits per heavy atom. The highest BCUT2D eigenvalue weighted by Crippen LogP contribution is 2.38. The summed E-state index contributed by atoms with van der Waals surface area (Å²) in [4.78, 5) is 0. The van der Waals surface area contributed by atoms with Crippen LogP contribution < -0.4 is 9.47 Å². The summed E-state index contributed by atoms with van der Waals surface area (Å²) in [6.07, 6.45) is 0.702. The lowest BCUT2D eigenvalue weighted by molar-refractivity contribution is 0.247. The van der Waals surface area contributed by atoms with Crippen LogP contribution in [0.25, 0.3) is 0 Å². The summed E-state index contributed by atoms with van der Waals surface area (Å²) in [6.45, 7) is 0.978. The SMILES string of the molecule is Clc1c(OCCCOc2ccc(Br)c(Br)c2Cl)ccc(Br)c1Br. The summed E-state index contributed by atoms with van der Waals surface area (Å²) in [5.74, 6) is 1.26. The Bertz CT molecular complexity index is 651. The number of halogens is 6. The van der Waals surface area contributed by atoms with Crippen molar-refractivity contribution in [2.24, 2.45) is 0 Å². The average Bonchev–Trinajstić information content (AvgIpc) is 2.54. The molecule has 124 valence electrons. The highest BCUT2D eigenvalue weighted by Gasteiger charge is 2.10. The molecule has 0 radical (unpaired) electrons. The molecule has 0 atom stereocenters. The lowest BCUT2D eigenvalue weighted by Crippen LogP contribution is -2.05. The van der Waals surface area contributed by atoms with Crippen molar-refractivity contribution < 1.29 is 9.47 Å². The van der Waals surface area contributed by atoms with E-state index in [0.29, 0.717) is 41.2 Å². The van der Waals surface area contributed by atoms with Gasteiger partial charge in [0.2, 0.25) is 0 Å². The average molecular weight is 613 g/mol. The monoisotopic (exact) mass is 608 g/mol. The smallest absolute Gasteiger partial charge is 0.139 e. The van der Waals surface area contributed by atoms with E-state index in [0.717, 1.165) is 17.9 Å². The van der Waals surface area contributed by atoms with Crippen LogP contribution in [0.5, 0.6) is 11.5 Å². The maximum absolute atomic E-state index is 6.20. The zero-order chi connectivity index (χ0) is 17.0. The zero-order valence-electron chi connectivity index (χ0n) is 11.5. The van der Waals surface area contributed by atoms with Crippen molar-refractivity contribution in [2.45, 2.75) is 6.42 Å². The van der Waals surface area contributed by atoms with Crippen LogP contribution in [0.3, 0.4) is 0 Å². The standard InChI is InChI=1S/C15H10Br4Cl2O2/c16-8-2-4-10(14(20)12(8)18)22-6-1-7-23-11-5-3-9(17)13(19)15(11)21/h2-5H,1,6-7H2. The van der Waals surface area contributed by atoms with E-state index in [1.54, 1.807) is 0 Å². The van der Waals surface area contributed by atoms with Gasteiger partial charge in [0.15, 0.2) is 0 Å². The molecule has 0 fully saturated rings. The summed E-state index contributed by atoms with van der Waals surface area (Å²) in [5.41, 5.74) is 0. The molecule has 0 aliphatic heterocycles. The van der Waals surface area contributed by atoms with Gasteiger partial charge >= 0.3 is 0 Å². The van der Waals surface area contributed by atoms with Crippen LogP contribution in [0, 0.1) is 0 Å². The van der Waals surface area contributed by atoms with Gasteiger partial charge in [-0.15, -0.1) is 0 Å². The third-order valence-corrected chi connectivity index (χ3v) is 8.04. The van der Waals surface area contributed by atoms with Crippen molar-refractivity contribution in [3.8, 4) is 11.5 Å². The summed E-state index contributed by atoms with van der Waals surface area (Å²) in [7, 11) is 0. The molecule has 8 heteroatoms. The fourth-order valence-electron chi connectivity index (χ4n) is 1.66. The minimum Gasteiger partial charge on any atom is -0.492 e. The van der Waals surface area contributed by atoms with Gasteiger partial charge in [0.05, 0.1) is 32.2 Å². The zero-order valence-corrected chi connectivity index (χ0v) is 19.4. The largest absolute Gasteiger partial charge is 0.492 e. The molecule has 23 heavy (non-hydrogen) atoms. The summed E-state index contributed by atoms with van der Waals surface area (Å²) in [6, 6.07) is 7.39. The van der Waals surface area contributed by atoms with Crippen molar-refractivity contribution in [3.05, 3.63) is 52.2 Å². The second-order valence-corrected chi connectivity index (χ2v) is 8.45. The van der Waals surface area contributed by atoms with E-state index in [1.807, 2.05) is 24.3 Å². The van der Waals surface area contributed by atoms with Crippen molar-refractivity contribution in [1.29, 1.82) is 0 Å². The minimum absolute atomic E-state index is 0.489. The van der Waals surface area contributed by atoms with Gasteiger partial charge in [-0.1, -0.05) is 23.2 Å². The van der Waals surface area contributed by atoms with Gasteiger partial charge in [-0.05, 0) is 88.0 Å². The first-order valence-corrected chi connectivity index (χ1v) is 10.4. The Balaban J connectivity index is 1.83. The second-order valence-electron chi connectivity index (χ2n) is 4.40. The predicted molar refractivity (Wildman–Crippen MR) is 109 cm³/mol. The molecule has 0 saturated carbocycles. The fraction of sp³-hybridized carbons (Fsp3) is 0.200. The van der Waals surface area contributed by atoms with E-state index in [4.69, 9.17) is 32.7 Å². The first-order chi connectivity index (χ1) is 10.9. The van der Waals surface area contributed by atoms with E-state index >= 15 is 0 Å². The molecule has 0 aliphatic rings. The predicted octanol–water partition coefficient (Wildman–Crippen LogP) is 7.89. The van der Waals surface area contributed by atoms with Crippen LogP contribution in [0.2, 0.25) is 10.0 Å². The van der Waals surface area contributed by atoms with E-state index in [2.05, 4.69) is 63.7 Å². The van der Waals surface area contributed by atoms with E-state index in [-0.39, 0.29) is 0 Å². The number of rotatable bonds is 6. The molecule has 0 bridgehead atoms. The first kappa shape index (κ1) is 19.9. The van der Waals surface area contributed by atoms with Gasteiger partial charge in [0.25, 0.3) is 0 Å². The molecule has 2 aromatic rings. The van der Waals surface area contributed by atoms with Gasteiger partial charge in [-0.2, -0.15) is 0 Å². The van der Waals surface area contributed by atoms with Crippen LogP contribution >= 0.6 is 86.9 Å². The lowest BCUT2D eigenvalue weighted by atomic mass is 10.3. The van der Waals surface area contributed by atoms with E-state index in [1.165, 1.54) is 0 Å². The van der Waals surface area contributed by atoms with Crippen LogP contribution in [0.1, 0.15) is 6.42 Å². The Kier molecular flexibility index (Phi) is 8.03. The van der Waals surface area contributed by atoms with Crippen LogP contribution in [-0.4, -0.2) is 13.2 Å². The van der Waals surface area contributed by atoms with Crippen LogP contribution in [-0.2, 0) is 0 Å². The van der Waals surface area contributed by atoms with Crippen molar-refractivity contribution in [1.82, 2.24) is 0 Å². The molecule has 0 spiro atoms. The fourth-order valence-corrected chi connectivity index (χ4v) is 3.65. The van der Waals surface area contributed by atoms with Crippen molar-refractivity contribution in [2.75, 3.05) is 13.2 Å². The van der Waals surface area contributed by atoms with Gasteiger partial charge in [-0.25, -0.2) is 0 Å². The lowest BCUT2D eigenvalue weighted by Gasteiger charge is -2.12. The first-order valence-electron chi connectivity index (χ1n) is 6.44. The molecule has 0 unspecified atom stereocenters. The summed E-state index contributed by atoms with van der Waals surface area (Å²) in [5, 5.41) is 1.08. The quantitative estimate of drug-likeness (QED) is 0.244. The molecule has 0 aromatic heterocycles. The Morgan fingerprint density at radius 3 is 1.48 bits per heavy atom. The van der Waals surface area contributed by atoms with Crippen LogP contribution in [0.15, 0.2) is 42.2 Å². The highest BCUT2D eigenvalue weighted by molar-refractivity contribution is 9.13. The van der Waals surface area contributed by atoms with Crippen molar-refractivity contribution in [3.63, 3.8) is 0 Å². The highest BCUT2D eigenvalue weighted by atomic mass is 79.9. The second kappa shape index (κ2) is 9.30. The summed E-state index contributed by atoms with van der Waals surface area (Å²) < 4.78 is 14.7. The van der Waals surface area contributed by atoms with Gasteiger partial charge in [0.1, 0.15) is 11.5 Å². The molecule has 0 amide bonds. The number of benzene rings is 2. The maximum Gasteiger partial charge on any atom is 0.139 e. The molecule has 0 N–H and O–H groups in total.